The highest BCUT2D eigenvalue weighted by molar-refractivity contribution is 5.74. The summed E-state index contributed by atoms with van der Waals surface area (Å²) in [6.07, 6.45) is 9.31. The van der Waals surface area contributed by atoms with Gasteiger partial charge in [0, 0.05) is 37.7 Å². The molecule has 0 aliphatic carbocycles. The van der Waals surface area contributed by atoms with Crippen LogP contribution in [0, 0.1) is 5.82 Å². The third-order valence-corrected chi connectivity index (χ3v) is 5.09. The van der Waals surface area contributed by atoms with Gasteiger partial charge in [0.05, 0.1) is 5.69 Å². The van der Waals surface area contributed by atoms with Gasteiger partial charge in [0.2, 0.25) is 5.91 Å². The topological polar surface area (TPSA) is 58.1 Å². The van der Waals surface area contributed by atoms with Crippen LogP contribution < -0.4 is 5.32 Å². The Morgan fingerprint density at radius 3 is 2.87 bits per heavy atom. The van der Waals surface area contributed by atoms with Crippen molar-refractivity contribution in [2.24, 2.45) is 0 Å². The third-order valence-electron chi connectivity index (χ3n) is 5.09. The number of likely N-dealkylation sites (tertiary alicyclic amines) is 1. The van der Waals surface area contributed by atoms with Crippen LogP contribution in [0.4, 0.5) is 15.9 Å². The predicted octanol–water partition coefficient (Wildman–Crippen LogP) is 5.23. The highest BCUT2D eigenvalue weighted by atomic mass is 19.1. The summed E-state index contributed by atoms with van der Waals surface area (Å²) in [5.41, 5.74) is 2.31. The van der Waals surface area contributed by atoms with Crippen LogP contribution in [0.3, 0.4) is 0 Å². The van der Waals surface area contributed by atoms with E-state index in [9.17, 15) is 9.18 Å². The maximum atomic E-state index is 13.6. The molecule has 156 valence electrons. The molecule has 1 fully saturated rings. The highest BCUT2D eigenvalue weighted by Gasteiger charge is 2.25. The van der Waals surface area contributed by atoms with Crippen molar-refractivity contribution in [3.63, 3.8) is 0 Å². The summed E-state index contributed by atoms with van der Waals surface area (Å²) >= 11 is 0. The minimum absolute atomic E-state index is 0.0529. The SMILES string of the molecule is C=C/C=C\C(=C/C)c1cc(Nc2cccc(F)c2)nc(C2CCCN(C(C)=O)C2)n1. The first-order valence-corrected chi connectivity index (χ1v) is 10.1. The van der Waals surface area contributed by atoms with E-state index >= 15 is 0 Å². The van der Waals surface area contributed by atoms with Crippen molar-refractivity contribution in [3.8, 4) is 0 Å². The summed E-state index contributed by atoms with van der Waals surface area (Å²) in [5, 5.41) is 3.19. The lowest BCUT2D eigenvalue weighted by Gasteiger charge is -2.31. The van der Waals surface area contributed by atoms with Gasteiger partial charge < -0.3 is 10.2 Å². The minimum Gasteiger partial charge on any atom is -0.342 e. The van der Waals surface area contributed by atoms with Gasteiger partial charge in [0.15, 0.2) is 0 Å². The van der Waals surface area contributed by atoms with E-state index in [2.05, 4.69) is 11.9 Å². The number of rotatable bonds is 6. The van der Waals surface area contributed by atoms with Gasteiger partial charge in [-0.2, -0.15) is 0 Å². The van der Waals surface area contributed by atoms with E-state index in [1.54, 1.807) is 25.1 Å². The number of aromatic nitrogens is 2. The van der Waals surface area contributed by atoms with Crippen LogP contribution in [0.15, 0.2) is 61.2 Å². The molecule has 1 aliphatic heterocycles. The first-order valence-electron chi connectivity index (χ1n) is 10.1. The molecule has 1 N–H and O–H groups in total. The Morgan fingerprint density at radius 2 is 2.17 bits per heavy atom. The molecule has 1 unspecified atom stereocenters. The molecule has 6 heteroatoms. The Morgan fingerprint density at radius 1 is 1.33 bits per heavy atom. The van der Waals surface area contributed by atoms with Crippen molar-refractivity contribution in [2.45, 2.75) is 32.6 Å². The average molecular weight is 407 g/mol. The zero-order valence-electron chi connectivity index (χ0n) is 17.4. The molecular weight excluding hydrogens is 379 g/mol. The molecule has 1 amide bonds. The summed E-state index contributed by atoms with van der Waals surface area (Å²) in [5.74, 6) is 1.08. The Hall–Kier alpha value is -3.28. The number of benzene rings is 1. The Labute approximate surface area is 177 Å². The molecule has 1 aromatic carbocycles. The number of nitrogens with one attached hydrogen (secondary N) is 1. The predicted molar refractivity (Wildman–Crippen MR) is 119 cm³/mol. The van der Waals surface area contributed by atoms with Gasteiger partial charge in [-0.05, 0) is 43.5 Å². The minimum atomic E-state index is -0.318. The number of piperidine rings is 1. The van der Waals surface area contributed by atoms with Crippen molar-refractivity contribution in [1.82, 2.24) is 14.9 Å². The van der Waals surface area contributed by atoms with E-state index in [1.807, 2.05) is 36.1 Å². The zero-order valence-corrected chi connectivity index (χ0v) is 17.4. The van der Waals surface area contributed by atoms with Crippen LogP contribution in [0.25, 0.3) is 5.57 Å². The Bertz CT molecular complexity index is 983. The number of hydrogen-bond donors (Lipinski definition) is 1. The molecule has 30 heavy (non-hydrogen) atoms. The van der Waals surface area contributed by atoms with Crippen molar-refractivity contribution >= 4 is 23.0 Å². The lowest BCUT2D eigenvalue weighted by molar-refractivity contribution is -0.130. The molecular formula is C24H27FN4O. The molecule has 1 atom stereocenters. The number of amides is 1. The molecule has 3 rings (SSSR count). The van der Waals surface area contributed by atoms with Crippen LogP contribution in [-0.4, -0.2) is 33.9 Å². The smallest absolute Gasteiger partial charge is 0.219 e. The molecule has 2 aromatic rings. The van der Waals surface area contributed by atoms with Gasteiger partial charge >= 0.3 is 0 Å². The first kappa shape index (κ1) is 21.4. The molecule has 1 aliphatic rings. The van der Waals surface area contributed by atoms with E-state index in [0.29, 0.717) is 23.9 Å². The molecule has 0 saturated carbocycles. The second kappa shape index (κ2) is 9.96. The normalized spacial score (nSPS) is 17.2. The number of carbonyl (C=O) groups excluding carboxylic acids is 1. The number of allylic oxidation sites excluding steroid dienone is 5. The third kappa shape index (κ3) is 5.41. The van der Waals surface area contributed by atoms with Crippen molar-refractivity contribution < 1.29 is 9.18 Å². The van der Waals surface area contributed by atoms with Crippen molar-refractivity contribution in [3.05, 3.63) is 78.6 Å². The van der Waals surface area contributed by atoms with Crippen LogP contribution >= 0.6 is 0 Å². The van der Waals surface area contributed by atoms with Gasteiger partial charge in [-0.25, -0.2) is 14.4 Å². The van der Waals surface area contributed by atoms with Crippen molar-refractivity contribution in [1.29, 1.82) is 0 Å². The zero-order chi connectivity index (χ0) is 21.5. The molecule has 2 heterocycles. The fourth-order valence-corrected chi connectivity index (χ4v) is 3.55. The van der Waals surface area contributed by atoms with E-state index < -0.39 is 0 Å². The van der Waals surface area contributed by atoms with Gasteiger partial charge in [0.25, 0.3) is 0 Å². The van der Waals surface area contributed by atoms with Crippen LogP contribution in [-0.2, 0) is 4.79 Å². The lowest BCUT2D eigenvalue weighted by Crippen LogP contribution is -2.38. The quantitative estimate of drug-likeness (QED) is 0.668. The van der Waals surface area contributed by atoms with E-state index in [0.717, 1.165) is 30.7 Å². The summed E-state index contributed by atoms with van der Waals surface area (Å²) in [7, 11) is 0. The summed E-state index contributed by atoms with van der Waals surface area (Å²) in [6, 6.07) is 8.11. The molecule has 1 saturated heterocycles. The lowest BCUT2D eigenvalue weighted by atomic mass is 9.96. The maximum Gasteiger partial charge on any atom is 0.219 e. The molecule has 5 nitrogen and oxygen atoms in total. The van der Waals surface area contributed by atoms with Crippen molar-refractivity contribution in [2.75, 3.05) is 18.4 Å². The standard InChI is InChI=1S/C24H27FN4O/c1-4-6-9-18(5-2)22-15-23(26-21-12-7-11-20(25)14-21)28-24(27-22)19-10-8-13-29(16-19)17(3)30/h4-7,9,11-12,14-15,19H,1,8,10,13,16H2,2-3H3,(H,26,27,28)/b9-6-,18-5+. The number of carbonyl (C=O) groups is 1. The summed E-state index contributed by atoms with van der Waals surface area (Å²) < 4.78 is 13.6. The molecule has 0 spiro atoms. The van der Waals surface area contributed by atoms with Crippen LogP contribution in [0.1, 0.15) is 44.1 Å². The average Bonchev–Trinajstić information content (AvgIpc) is 2.74. The number of nitrogens with zero attached hydrogens (tertiary/aromatic N) is 3. The van der Waals surface area contributed by atoms with Gasteiger partial charge in [-0.1, -0.05) is 36.9 Å². The van der Waals surface area contributed by atoms with Gasteiger partial charge in [-0.15, -0.1) is 0 Å². The summed E-state index contributed by atoms with van der Waals surface area (Å²) in [4.78, 5) is 23.2. The Balaban J connectivity index is 2.00. The molecule has 0 bridgehead atoms. The van der Waals surface area contributed by atoms with E-state index in [4.69, 9.17) is 9.97 Å². The van der Waals surface area contributed by atoms with E-state index in [1.165, 1.54) is 12.1 Å². The van der Waals surface area contributed by atoms with Gasteiger partial charge in [-0.3, -0.25) is 4.79 Å². The largest absolute Gasteiger partial charge is 0.342 e. The Kier molecular flexibility index (Phi) is 7.12. The van der Waals surface area contributed by atoms with Gasteiger partial charge in [0.1, 0.15) is 17.5 Å². The fraction of sp³-hybridized carbons (Fsp3) is 0.292. The van der Waals surface area contributed by atoms with Crippen LogP contribution in [0.2, 0.25) is 0 Å². The second-order valence-corrected chi connectivity index (χ2v) is 7.27. The van der Waals surface area contributed by atoms with E-state index in [-0.39, 0.29) is 17.6 Å². The molecule has 1 aromatic heterocycles. The highest BCUT2D eigenvalue weighted by Crippen LogP contribution is 2.28. The monoisotopic (exact) mass is 406 g/mol. The van der Waals surface area contributed by atoms with Crippen LogP contribution in [0.5, 0.6) is 0 Å². The number of anilines is 2. The number of hydrogen-bond acceptors (Lipinski definition) is 4. The fourth-order valence-electron chi connectivity index (χ4n) is 3.55. The second-order valence-electron chi connectivity index (χ2n) is 7.27. The number of halogens is 1. The first-order chi connectivity index (χ1) is 14.5. The summed E-state index contributed by atoms with van der Waals surface area (Å²) in [6.45, 7) is 8.63. The maximum absolute atomic E-state index is 13.6. The molecule has 0 radical (unpaired) electrons.